The normalized spacial score (nSPS) is 16.7. The zero-order valence-electron chi connectivity index (χ0n) is 12.5. The second kappa shape index (κ2) is 8.49. The first kappa shape index (κ1) is 18.0. The molecule has 9 heteroatoms. The van der Waals surface area contributed by atoms with E-state index in [1.807, 2.05) is 11.8 Å². The van der Waals surface area contributed by atoms with E-state index in [4.69, 9.17) is 12.2 Å². The molecule has 0 radical (unpaired) electrons. The average Bonchev–Trinajstić information content (AvgIpc) is 3.07. The Morgan fingerprint density at radius 1 is 1.41 bits per heavy atom. The van der Waals surface area contributed by atoms with E-state index in [1.54, 1.807) is 21.8 Å². The lowest BCUT2D eigenvalue weighted by atomic mass is 10.4. The molecule has 2 rings (SSSR count). The molecular formula is C13H21N3O2S4. The second-order valence-corrected chi connectivity index (χ2v) is 9.39. The molecule has 0 atom stereocenters. The molecular weight excluding hydrogens is 358 g/mol. The summed E-state index contributed by atoms with van der Waals surface area (Å²) in [7, 11) is -3.33. The predicted octanol–water partition coefficient (Wildman–Crippen LogP) is 1.68. The summed E-state index contributed by atoms with van der Waals surface area (Å²) in [6.45, 7) is 3.10. The fraction of sp³-hybridized carbons (Fsp3) is 0.615. The molecule has 1 fully saturated rings. The number of hydrogen-bond acceptors (Lipinski definition) is 5. The zero-order chi connectivity index (χ0) is 16.0. The van der Waals surface area contributed by atoms with E-state index in [2.05, 4.69) is 16.5 Å². The molecule has 124 valence electrons. The van der Waals surface area contributed by atoms with Crippen LogP contribution in [-0.2, 0) is 10.0 Å². The third-order valence-electron chi connectivity index (χ3n) is 3.42. The van der Waals surface area contributed by atoms with Gasteiger partial charge in [0.1, 0.15) is 4.21 Å². The van der Waals surface area contributed by atoms with Gasteiger partial charge in [0.05, 0.1) is 0 Å². The minimum absolute atomic E-state index is 0.415. The van der Waals surface area contributed by atoms with E-state index in [1.165, 1.54) is 11.3 Å². The number of thiophene rings is 1. The molecule has 0 amide bonds. The topological polar surface area (TPSA) is 52.6 Å². The van der Waals surface area contributed by atoms with Gasteiger partial charge in [-0.05, 0) is 42.1 Å². The number of nitrogens with zero attached hydrogens (tertiary/aromatic N) is 2. The SMILES string of the molecule is CSCCCNC(=S)N1CCN(S(=O)(=O)c2cccs2)CC1. The van der Waals surface area contributed by atoms with E-state index in [0.29, 0.717) is 30.4 Å². The van der Waals surface area contributed by atoms with Gasteiger partial charge in [-0.15, -0.1) is 11.3 Å². The highest BCUT2D eigenvalue weighted by molar-refractivity contribution is 7.98. The number of rotatable bonds is 6. The first-order valence-electron chi connectivity index (χ1n) is 7.11. The monoisotopic (exact) mass is 379 g/mol. The lowest BCUT2D eigenvalue weighted by Gasteiger charge is -2.35. The number of hydrogen-bond donors (Lipinski definition) is 1. The van der Waals surface area contributed by atoms with Crippen LogP contribution in [0.15, 0.2) is 21.7 Å². The van der Waals surface area contributed by atoms with Crippen LogP contribution in [-0.4, -0.2) is 67.5 Å². The molecule has 0 aromatic carbocycles. The summed E-state index contributed by atoms with van der Waals surface area (Å²) < 4.78 is 26.8. The van der Waals surface area contributed by atoms with Gasteiger partial charge in [0, 0.05) is 32.7 Å². The lowest BCUT2D eigenvalue weighted by Crippen LogP contribution is -2.53. The summed E-state index contributed by atoms with van der Waals surface area (Å²) in [5.41, 5.74) is 0. The molecule has 0 saturated carbocycles. The maximum atomic E-state index is 12.4. The predicted molar refractivity (Wildman–Crippen MR) is 98.3 cm³/mol. The molecule has 1 aliphatic heterocycles. The summed E-state index contributed by atoms with van der Waals surface area (Å²) in [6.07, 6.45) is 3.17. The third kappa shape index (κ3) is 4.58. The molecule has 0 spiro atoms. The van der Waals surface area contributed by atoms with Crippen LogP contribution in [0.5, 0.6) is 0 Å². The van der Waals surface area contributed by atoms with Crippen molar-refractivity contribution in [1.82, 2.24) is 14.5 Å². The molecule has 1 aliphatic rings. The van der Waals surface area contributed by atoms with Crippen molar-refractivity contribution >= 4 is 50.5 Å². The minimum Gasteiger partial charge on any atom is -0.363 e. The van der Waals surface area contributed by atoms with Gasteiger partial charge < -0.3 is 10.2 Å². The molecule has 0 unspecified atom stereocenters. The number of nitrogens with one attached hydrogen (secondary N) is 1. The van der Waals surface area contributed by atoms with Crippen LogP contribution in [0.2, 0.25) is 0 Å². The molecule has 1 aromatic heterocycles. The van der Waals surface area contributed by atoms with E-state index in [9.17, 15) is 8.42 Å². The maximum Gasteiger partial charge on any atom is 0.252 e. The van der Waals surface area contributed by atoms with Crippen molar-refractivity contribution in [1.29, 1.82) is 0 Å². The Bertz CT molecular complexity index is 566. The van der Waals surface area contributed by atoms with Crippen LogP contribution in [0.3, 0.4) is 0 Å². The Morgan fingerprint density at radius 3 is 2.73 bits per heavy atom. The maximum absolute atomic E-state index is 12.4. The average molecular weight is 380 g/mol. The van der Waals surface area contributed by atoms with Gasteiger partial charge in [-0.3, -0.25) is 0 Å². The van der Waals surface area contributed by atoms with Crippen molar-refractivity contribution in [2.75, 3.05) is 44.7 Å². The number of thioether (sulfide) groups is 1. The van der Waals surface area contributed by atoms with Gasteiger partial charge in [0.15, 0.2) is 5.11 Å². The van der Waals surface area contributed by atoms with Crippen molar-refractivity contribution in [3.8, 4) is 0 Å². The lowest BCUT2D eigenvalue weighted by molar-refractivity contribution is 0.264. The Balaban J connectivity index is 1.82. The summed E-state index contributed by atoms with van der Waals surface area (Å²) in [6, 6.07) is 3.42. The standard InChI is InChI=1S/C13H21N3O2S4/c1-20-10-3-5-14-13(19)15-6-8-16(9-7-15)22(17,18)12-4-2-11-21-12/h2,4,11H,3,5-10H2,1H3,(H,14,19). The Hall–Kier alpha value is -0.350. The van der Waals surface area contributed by atoms with Crippen LogP contribution >= 0.6 is 35.3 Å². The summed E-state index contributed by atoms with van der Waals surface area (Å²) in [4.78, 5) is 2.05. The van der Waals surface area contributed by atoms with Crippen molar-refractivity contribution in [2.45, 2.75) is 10.6 Å². The molecule has 5 nitrogen and oxygen atoms in total. The molecule has 22 heavy (non-hydrogen) atoms. The summed E-state index contributed by atoms with van der Waals surface area (Å²) in [5, 5.41) is 5.77. The highest BCUT2D eigenvalue weighted by atomic mass is 32.2. The van der Waals surface area contributed by atoms with E-state index < -0.39 is 10.0 Å². The van der Waals surface area contributed by atoms with E-state index >= 15 is 0 Å². The van der Waals surface area contributed by atoms with Crippen LogP contribution in [0.4, 0.5) is 0 Å². The molecule has 2 heterocycles. The number of thiocarbonyl (C=S) groups is 1. The van der Waals surface area contributed by atoms with Gasteiger partial charge in [-0.2, -0.15) is 16.1 Å². The first-order chi connectivity index (χ1) is 10.6. The van der Waals surface area contributed by atoms with Gasteiger partial charge >= 0.3 is 0 Å². The summed E-state index contributed by atoms with van der Waals surface area (Å²) >= 11 is 8.46. The van der Waals surface area contributed by atoms with Gasteiger partial charge in [-0.25, -0.2) is 8.42 Å². The van der Waals surface area contributed by atoms with Gasteiger partial charge in [-0.1, -0.05) is 6.07 Å². The highest BCUT2D eigenvalue weighted by Gasteiger charge is 2.29. The molecule has 0 bridgehead atoms. The molecule has 1 aromatic rings. The quantitative estimate of drug-likeness (QED) is 0.600. The fourth-order valence-electron chi connectivity index (χ4n) is 2.19. The van der Waals surface area contributed by atoms with E-state index in [-0.39, 0.29) is 0 Å². The van der Waals surface area contributed by atoms with Gasteiger partial charge in [0.25, 0.3) is 10.0 Å². The van der Waals surface area contributed by atoms with Crippen molar-refractivity contribution in [2.24, 2.45) is 0 Å². The smallest absolute Gasteiger partial charge is 0.252 e. The molecule has 0 aliphatic carbocycles. The van der Waals surface area contributed by atoms with Crippen LogP contribution in [0.25, 0.3) is 0 Å². The van der Waals surface area contributed by atoms with Gasteiger partial charge in [0.2, 0.25) is 0 Å². The second-order valence-electron chi connectivity index (χ2n) is 4.90. The minimum atomic E-state index is -3.33. The fourth-order valence-corrected chi connectivity index (χ4v) is 5.48. The Morgan fingerprint density at radius 2 is 2.14 bits per heavy atom. The van der Waals surface area contributed by atoms with Crippen LogP contribution < -0.4 is 5.32 Å². The molecule has 1 saturated heterocycles. The Kier molecular flexibility index (Phi) is 6.94. The number of piperazine rings is 1. The highest BCUT2D eigenvalue weighted by Crippen LogP contribution is 2.21. The summed E-state index contributed by atoms with van der Waals surface area (Å²) in [5.74, 6) is 1.11. The third-order valence-corrected chi connectivity index (χ3v) is 7.79. The first-order valence-corrected chi connectivity index (χ1v) is 11.2. The van der Waals surface area contributed by atoms with Crippen molar-refractivity contribution in [3.05, 3.63) is 17.5 Å². The largest absolute Gasteiger partial charge is 0.363 e. The van der Waals surface area contributed by atoms with Crippen LogP contribution in [0, 0.1) is 0 Å². The van der Waals surface area contributed by atoms with Crippen LogP contribution in [0.1, 0.15) is 6.42 Å². The van der Waals surface area contributed by atoms with E-state index in [0.717, 1.165) is 23.8 Å². The zero-order valence-corrected chi connectivity index (χ0v) is 15.8. The van der Waals surface area contributed by atoms with Crippen molar-refractivity contribution < 1.29 is 8.42 Å². The van der Waals surface area contributed by atoms with Crippen molar-refractivity contribution in [3.63, 3.8) is 0 Å². The Labute approximate surface area is 146 Å². The molecule has 1 N–H and O–H groups in total. The number of sulfonamides is 1.